The highest BCUT2D eigenvalue weighted by Gasteiger charge is 2.23. The van der Waals surface area contributed by atoms with Crippen LogP contribution in [-0.2, 0) is 10.0 Å². The van der Waals surface area contributed by atoms with Gasteiger partial charge in [-0.1, -0.05) is 18.2 Å². The van der Waals surface area contributed by atoms with Gasteiger partial charge in [0.2, 0.25) is 0 Å². The molecule has 0 radical (unpaired) electrons. The summed E-state index contributed by atoms with van der Waals surface area (Å²) in [5.41, 5.74) is 1.64. The van der Waals surface area contributed by atoms with E-state index in [2.05, 4.69) is 25.3 Å². The molecule has 1 saturated heterocycles. The maximum absolute atomic E-state index is 12.8. The zero-order valence-electron chi connectivity index (χ0n) is 14.1. The molecule has 2 aromatic heterocycles. The van der Waals surface area contributed by atoms with E-state index in [0.717, 1.165) is 31.6 Å². The molecule has 3 heterocycles. The molecule has 0 unspecified atom stereocenters. The Morgan fingerprint density at radius 3 is 2.65 bits per heavy atom. The molecular weight excluding hydrogens is 352 g/mol. The van der Waals surface area contributed by atoms with E-state index in [1.165, 1.54) is 16.9 Å². The monoisotopic (exact) mass is 372 g/mol. The summed E-state index contributed by atoms with van der Waals surface area (Å²) in [6, 6.07) is 12.4. The zero-order chi connectivity index (χ0) is 18.0. The molecule has 1 aliphatic heterocycles. The molecule has 9 heteroatoms. The van der Waals surface area contributed by atoms with E-state index in [9.17, 15) is 8.42 Å². The number of anilines is 1. The second-order valence-electron chi connectivity index (χ2n) is 6.26. The van der Waals surface area contributed by atoms with Crippen molar-refractivity contribution in [3.63, 3.8) is 0 Å². The van der Waals surface area contributed by atoms with Crippen molar-refractivity contribution >= 4 is 15.8 Å². The third-order valence-electron chi connectivity index (χ3n) is 4.50. The van der Waals surface area contributed by atoms with Gasteiger partial charge in [-0.15, -0.1) is 0 Å². The van der Waals surface area contributed by atoms with Gasteiger partial charge in [-0.2, -0.15) is 18.6 Å². The van der Waals surface area contributed by atoms with Gasteiger partial charge in [0.25, 0.3) is 10.0 Å². The Morgan fingerprint density at radius 2 is 1.88 bits per heavy atom. The van der Waals surface area contributed by atoms with E-state index < -0.39 is 10.0 Å². The van der Waals surface area contributed by atoms with Crippen molar-refractivity contribution in [3.8, 4) is 5.69 Å². The molecule has 3 aromatic rings. The van der Waals surface area contributed by atoms with E-state index in [1.807, 2.05) is 18.2 Å². The fourth-order valence-corrected chi connectivity index (χ4v) is 4.28. The Bertz CT molecular complexity index is 974. The lowest BCUT2D eigenvalue weighted by Crippen LogP contribution is -2.26. The lowest BCUT2D eigenvalue weighted by molar-refractivity contribution is 0.453. The van der Waals surface area contributed by atoms with Crippen LogP contribution in [0, 0.1) is 0 Å². The predicted molar refractivity (Wildman–Crippen MR) is 97.8 cm³/mol. The first kappa shape index (κ1) is 16.8. The number of sulfonamides is 1. The maximum Gasteiger partial charge on any atom is 0.280 e. The summed E-state index contributed by atoms with van der Waals surface area (Å²) in [4.78, 5) is 0. The molecule has 26 heavy (non-hydrogen) atoms. The highest BCUT2D eigenvalue weighted by atomic mass is 32.2. The number of para-hydroxylation sites is 1. The number of hydrogen-bond donors (Lipinski definition) is 3. The minimum atomic E-state index is -3.81. The molecular formula is C17H20N6O2S. The van der Waals surface area contributed by atoms with Gasteiger partial charge in [-0.05, 0) is 44.1 Å². The third-order valence-corrected chi connectivity index (χ3v) is 5.84. The molecule has 0 atom stereocenters. The lowest BCUT2D eigenvalue weighted by Gasteiger charge is -2.20. The van der Waals surface area contributed by atoms with Gasteiger partial charge in [0.1, 0.15) is 0 Å². The molecule has 4 rings (SSSR count). The van der Waals surface area contributed by atoms with Crippen molar-refractivity contribution in [1.82, 2.24) is 25.3 Å². The molecule has 0 aliphatic carbocycles. The van der Waals surface area contributed by atoms with Crippen LogP contribution in [0.2, 0.25) is 0 Å². The van der Waals surface area contributed by atoms with Crippen LogP contribution in [0.1, 0.15) is 24.5 Å². The number of aromatic nitrogens is 4. The summed E-state index contributed by atoms with van der Waals surface area (Å²) < 4.78 is 29.5. The second-order valence-corrected chi connectivity index (χ2v) is 7.88. The molecule has 1 fully saturated rings. The van der Waals surface area contributed by atoms with Crippen molar-refractivity contribution in [2.24, 2.45) is 0 Å². The Labute approximate surface area is 151 Å². The quantitative estimate of drug-likeness (QED) is 0.634. The molecule has 0 amide bonds. The molecule has 0 spiro atoms. The zero-order valence-corrected chi connectivity index (χ0v) is 14.9. The normalized spacial score (nSPS) is 15.8. The van der Waals surface area contributed by atoms with Crippen LogP contribution in [0.4, 0.5) is 5.82 Å². The summed E-state index contributed by atoms with van der Waals surface area (Å²) in [5.74, 6) is 0.663. The first-order chi connectivity index (χ1) is 12.6. The Hall–Kier alpha value is -2.65. The average Bonchev–Trinajstić information content (AvgIpc) is 3.33. The van der Waals surface area contributed by atoms with Crippen LogP contribution in [0.3, 0.4) is 0 Å². The van der Waals surface area contributed by atoms with Crippen molar-refractivity contribution in [2.75, 3.05) is 17.8 Å². The van der Waals surface area contributed by atoms with Crippen LogP contribution in [-0.4, -0.2) is 41.5 Å². The second kappa shape index (κ2) is 6.93. The summed E-state index contributed by atoms with van der Waals surface area (Å²) >= 11 is 0. The highest BCUT2D eigenvalue weighted by molar-refractivity contribution is 7.92. The van der Waals surface area contributed by atoms with Gasteiger partial charge < -0.3 is 5.32 Å². The Balaban J connectivity index is 1.57. The van der Waals surface area contributed by atoms with Gasteiger partial charge in [-0.3, -0.25) is 9.82 Å². The Morgan fingerprint density at radius 1 is 1.12 bits per heavy atom. The third kappa shape index (κ3) is 3.35. The van der Waals surface area contributed by atoms with E-state index in [4.69, 9.17) is 0 Å². The minimum absolute atomic E-state index is 0.0649. The SMILES string of the molecule is O=S(=O)(Nc1cc(C2CCNCC2)[nH]n1)c1ccnn1-c1ccccc1. The molecule has 0 saturated carbocycles. The van der Waals surface area contributed by atoms with Gasteiger partial charge in [-0.25, -0.2) is 4.68 Å². The summed E-state index contributed by atoms with van der Waals surface area (Å²) in [6.45, 7) is 1.92. The summed E-state index contributed by atoms with van der Waals surface area (Å²) in [5, 5.41) is 14.6. The van der Waals surface area contributed by atoms with Crippen LogP contribution >= 0.6 is 0 Å². The molecule has 0 bridgehead atoms. The van der Waals surface area contributed by atoms with Crippen LogP contribution in [0.5, 0.6) is 0 Å². The van der Waals surface area contributed by atoms with Crippen LogP contribution in [0.25, 0.3) is 5.69 Å². The highest BCUT2D eigenvalue weighted by Crippen LogP contribution is 2.26. The lowest BCUT2D eigenvalue weighted by atomic mass is 9.95. The fraction of sp³-hybridized carbons (Fsp3) is 0.294. The first-order valence-electron chi connectivity index (χ1n) is 8.52. The number of benzene rings is 1. The minimum Gasteiger partial charge on any atom is -0.317 e. The first-order valence-corrected chi connectivity index (χ1v) is 10.00. The van der Waals surface area contributed by atoms with Gasteiger partial charge in [0, 0.05) is 17.7 Å². The molecule has 1 aromatic carbocycles. The molecule has 1 aliphatic rings. The molecule has 136 valence electrons. The van der Waals surface area contributed by atoms with Crippen LogP contribution < -0.4 is 10.0 Å². The number of nitrogens with one attached hydrogen (secondary N) is 3. The van der Waals surface area contributed by atoms with E-state index in [1.54, 1.807) is 18.2 Å². The van der Waals surface area contributed by atoms with Crippen LogP contribution in [0.15, 0.2) is 53.7 Å². The molecule has 8 nitrogen and oxygen atoms in total. The number of nitrogens with zero attached hydrogens (tertiary/aromatic N) is 3. The van der Waals surface area contributed by atoms with Gasteiger partial charge in [0.15, 0.2) is 10.8 Å². The standard InChI is InChI=1S/C17H20N6O2S/c24-26(25,17-8-11-19-23(17)14-4-2-1-3-5-14)22-16-12-15(20-21-16)13-6-9-18-10-7-13/h1-5,8,11-13,18H,6-7,9-10H2,(H2,20,21,22). The smallest absolute Gasteiger partial charge is 0.280 e. The predicted octanol–water partition coefficient (Wildman–Crippen LogP) is 1.86. The van der Waals surface area contributed by atoms with Crippen molar-refractivity contribution in [3.05, 3.63) is 54.4 Å². The van der Waals surface area contributed by atoms with E-state index in [-0.39, 0.29) is 5.03 Å². The molecule has 3 N–H and O–H groups in total. The number of aromatic amines is 1. The largest absolute Gasteiger partial charge is 0.317 e. The topological polar surface area (TPSA) is 105 Å². The maximum atomic E-state index is 12.8. The van der Waals surface area contributed by atoms with E-state index in [0.29, 0.717) is 17.4 Å². The number of H-pyrrole nitrogens is 1. The number of rotatable bonds is 5. The number of piperidine rings is 1. The van der Waals surface area contributed by atoms with Crippen molar-refractivity contribution in [2.45, 2.75) is 23.8 Å². The Kier molecular flexibility index (Phi) is 4.48. The van der Waals surface area contributed by atoms with Gasteiger partial charge in [0.05, 0.1) is 11.9 Å². The van der Waals surface area contributed by atoms with Crippen molar-refractivity contribution < 1.29 is 8.42 Å². The fourth-order valence-electron chi connectivity index (χ4n) is 3.18. The van der Waals surface area contributed by atoms with E-state index >= 15 is 0 Å². The van der Waals surface area contributed by atoms with Gasteiger partial charge >= 0.3 is 0 Å². The van der Waals surface area contributed by atoms with Crippen molar-refractivity contribution in [1.29, 1.82) is 0 Å². The summed E-state index contributed by atoms with van der Waals surface area (Å²) in [6.07, 6.45) is 3.48. The average molecular weight is 372 g/mol. The summed E-state index contributed by atoms with van der Waals surface area (Å²) in [7, 11) is -3.81. The number of hydrogen-bond acceptors (Lipinski definition) is 5.